The van der Waals surface area contributed by atoms with Crippen LogP contribution < -0.4 is 14.2 Å². The Morgan fingerprint density at radius 1 is 0.431 bits per heavy atom. The number of carbonyl (C=O) groups excluding carboxylic acids is 3. The average Bonchev–Trinajstić information content (AvgIpc) is 4.00. The average molecular weight is 682 g/mol. The van der Waals surface area contributed by atoms with Gasteiger partial charge in [-0.1, -0.05) is 36.4 Å². The van der Waals surface area contributed by atoms with Crippen molar-refractivity contribution >= 4 is 17.7 Å². The molecule has 9 nitrogen and oxygen atoms in total. The quantitative estimate of drug-likeness (QED) is 0.203. The van der Waals surface area contributed by atoms with Gasteiger partial charge in [0, 0.05) is 19.6 Å². The number of rotatable bonds is 9. The molecule has 3 saturated heterocycles. The molecule has 258 valence electrons. The molecule has 51 heavy (non-hydrogen) atoms. The Morgan fingerprint density at radius 2 is 0.686 bits per heavy atom. The van der Waals surface area contributed by atoms with E-state index in [1.54, 1.807) is 21.3 Å². The van der Waals surface area contributed by atoms with Gasteiger partial charge < -0.3 is 28.9 Å². The number of likely N-dealkylation sites (tertiary alicyclic amines) is 3. The van der Waals surface area contributed by atoms with Crippen molar-refractivity contribution < 1.29 is 28.6 Å². The highest BCUT2D eigenvalue weighted by molar-refractivity contribution is 5.98. The van der Waals surface area contributed by atoms with Gasteiger partial charge in [-0.05, 0) is 106 Å². The van der Waals surface area contributed by atoms with Crippen molar-refractivity contribution in [2.75, 3.05) is 21.3 Å². The normalized spacial score (nSPS) is 25.9. The molecule has 0 spiro atoms. The Labute approximate surface area is 296 Å². The lowest BCUT2D eigenvalue weighted by molar-refractivity contribution is -0.131. The molecule has 4 aromatic rings. The zero-order valence-electron chi connectivity index (χ0n) is 28.9. The van der Waals surface area contributed by atoms with Crippen LogP contribution in [0.2, 0.25) is 0 Å². The van der Waals surface area contributed by atoms with Gasteiger partial charge >= 0.3 is 0 Å². The summed E-state index contributed by atoms with van der Waals surface area (Å²) in [4.78, 5) is 49.1. The van der Waals surface area contributed by atoms with Gasteiger partial charge in [-0.25, -0.2) is 0 Å². The third-order valence-corrected chi connectivity index (χ3v) is 12.6. The van der Waals surface area contributed by atoms with Gasteiger partial charge in [-0.2, -0.15) is 0 Å². The molecule has 0 aromatic heterocycles. The molecule has 0 radical (unpaired) electrons. The van der Waals surface area contributed by atoms with Gasteiger partial charge in [0.25, 0.3) is 0 Å². The van der Waals surface area contributed by atoms with E-state index in [4.69, 9.17) is 14.2 Å². The second kappa shape index (κ2) is 11.1. The SMILES string of the molecule is COc1ccc(CN2C(=O)C3CC2c2c3c3c(c4c2C2CC4N(Cc4ccc(OC)cc4)C2=O)C2CC3N(Cc3ccc(OC)cc3)C2=O)cc1. The van der Waals surface area contributed by atoms with E-state index in [0.717, 1.165) is 69.9 Å². The van der Waals surface area contributed by atoms with Crippen molar-refractivity contribution in [2.45, 2.75) is 74.8 Å². The van der Waals surface area contributed by atoms with Crippen LogP contribution in [0.1, 0.15) is 105 Å². The van der Waals surface area contributed by atoms with Crippen LogP contribution in [-0.2, 0) is 34.0 Å². The number of nitrogens with zero attached hydrogens (tertiary/aromatic N) is 3. The zero-order valence-corrected chi connectivity index (χ0v) is 28.9. The highest BCUT2D eigenvalue weighted by Crippen LogP contribution is 2.68. The first-order valence-electron chi connectivity index (χ1n) is 17.9. The van der Waals surface area contributed by atoms with Crippen molar-refractivity contribution in [1.29, 1.82) is 0 Å². The van der Waals surface area contributed by atoms with Crippen molar-refractivity contribution in [3.63, 3.8) is 0 Å². The molecular weight excluding hydrogens is 642 g/mol. The Hall–Kier alpha value is -5.31. The zero-order chi connectivity index (χ0) is 34.7. The van der Waals surface area contributed by atoms with Crippen LogP contribution in [0.4, 0.5) is 0 Å². The Bertz CT molecular complexity index is 1870. The van der Waals surface area contributed by atoms with E-state index in [0.29, 0.717) is 19.6 Å². The minimum Gasteiger partial charge on any atom is -0.497 e. The van der Waals surface area contributed by atoms with Crippen molar-refractivity contribution in [2.24, 2.45) is 0 Å². The third kappa shape index (κ3) is 4.23. The number of amides is 3. The van der Waals surface area contributed by atoms with Crippen molar-refractivity contribution in [1.82, 2.24) is 14.7 Å². The van der Waals surface area contributed by atoms with Crippen LogP contribution in [0, 0.1) is 0 Å². The standard InChI is InChI=1S/C42H39N3O6/c1-49-25-10-4-22(5-11-25)19-43-31-16-28(40(43)46)34-37(31)35-29-17-33(45(41(29)47)21-24-8-14-27(51-3)15-9-24)39(35)36-30-18-32(38(34)36)44(42(30)48)20-23-6-12-26(50-2)13-7-23/h4-15,28-33H,16-21H2,1-3H3. The number of fused-ring (bicyclic) bond motifs is 18. The lowest BCUT2D eigenvalue weighted by Crippen LogP contribution is -2.40. The van der Waals surface area contributed by atoms with Gasteiger partial charge in [-0.15, -0.1) is 0 Å². The van der Waals surface area contributed by atoms with Gasteiger partial charge in [0.05, 0.1) is 57.2 Å². The molecule has 9 heteroatoms. The molecular formula is C42H39N3O6. The first kappa shape index (κ1) is 30.5. The van der Waals surface area contributed by atoms with E-state index >= 15 is 0 Å². The predicted octanol–water partition coefficient (Wildman–Crippen LogP) is 6.42. The molecule has 6 aliphatic rings. The number of ether oxygens (including phenoxy) is 3. The Morgan fingerprint density at radius 3 is 0.922 bits per heavy atom. The number of hydrogen-bond donors (Lipinski definition) is 0. The number of methoxy groups -OCH3 is 3. The fourth-order valence-corrected chi connectivity index (χ4v) is 10.4. The summed E-state index contributed by atoms with van der Waals surface area (Å²) in [6.07, 6.45) is 2.16. The van der Waals surface area contributed by atoms with Crippen LogP contribution in [0.5, 0.6) is 17.2 Å². The number of carbonyl (C=O) groups is 3. The highest BCUT2D eigenvalue weighted by Gasteiger charge is 2.62. The first-order valence-corrected chi connectivity index (χ1v) is 17.9. The summed E-state index contributed by atoms with van der Waals surface area (Å²) >= 11 is 0. The van der Waals surface area contributed by atoms with Crippen LogP contribution in [0.25, 0.3) is 0 Å². The molecule has 3 aliphatic carbocycles. The Balaban J connectivity index is 1.08. The van der Waals surface area contributed by atoms with E-state index < -0.39 is 0 Å². The topological polar surface area (TPSA) is 88.6 Å². The summed E-state index contributed by atoms with van der Waals surface area (Å²) in [7, 11) is 4.96. The minimum absolute atomic E-state index is 0.0919. The molecule has 3 amide bonds. The van der Waals surface area contributed by atoms with Crippen LogP contribution >= 0.6 is 0 Å². The summed E-state index contributed by atoms with van der Waals surface area (Å²) in [5.74, 6) is 2.01. The second-order valence-electron chi connectivity index (χ2n) is 14.8. The maximum absolute atomic E-state index is 14.3. The lowest BCUT2D eigenvalue weighted by atomic mass is 9.77. The minimum atomic E-state index is -0.260. The second-order valence-corrected chi connectivity index (χ2v) is 14.8. The summed E-state index contributed by atoms with van der Waals surface area (Å²) in [5, 5.41) is 0. The molecule has 6 atom stereocenters. The van der Waals surface area contributed by atoms with E-state index in [1.807, 2.05) is 87.5 Å². The molecule has 6 bridgehead atoms. The van der Waals surface area contributed by atoms with E-state index in [2.05, 4.69) is 0 Å². The fraction of sp³-hybridized carbons (Fsp3) is 0.357. The van der Waals surface area contributed by atoms with Gasteiger partial charge in [-0.3, -0.25) is 14.4 Å². The smallest absolute Gasteiger partial charge is 0.231 e. The van der Waals surface area contributed by atoms with E-state index in [-0.39, 0.29) is 53.6 Å². The largest absolute Gasteiger partial charge is 0.497 e. The summed E-state index contributed by atoms with van der Waals surface area (Å²) < 4.78 is 16.1. The van der Waals surface area contributed by atoms with Gasteiger partial charge in [0.1, 0.15) is 17.2 Å². The molecule has 6 unspecified atom stereocenters. The highest BCUT2D eigenvalue weighted by atomic mass is 16.5. The van der Waals surface area contributed by atoms with Gasteiger partial charge in [0.2, 0.25) is 17.7 Å². The van der Waals surface area contributed by atoms with Crippen LogP contribution in [0.15, 0.2) is 72.8 Å². The first-order chi connectivity index (χ1) is 24.9. The van der Waals surface area contributed by atoms with E-state index in [1.165, 1.54) is 16.7 Å². The molecule has 3 aliphatic heterocycles. The molecule has 3 heterocycles. The molecule has 4 aromatic carbocycles. The maximum atomic E-state index is 14.3. The van der Waals surface area contributed by atoms with Crippen molar-refractivity contribution in [3.05, 3.63) is 123 Å². The van der Waals surface area contributed by atoms with Gasteiger partial charge in [0.15, 0.2) is 0 Å². The summed E-state index contributed by atoms with van der Waals surface area (Å²) in [6.45, 7) is 1.53. The monoisotopic (exact) mass is 681 g/mol. The number of hydrogen-bond acceptors (Lipinski definition) is 6. The molecule has 10 rings (SSSR count). The Kier molecular flexibility index (Phi) is 6.64. The summed E-state index contributed by atoms with van der Waals surface area (Å²) in [5.41, 5.74) is 10.2. The molecule has 3 fully saturated rings. The van der Waals surface area contributed by atoms with Crippen LogP contribution in [-0.4, -0.2) is 53.8 Å². The molecule has 0 saturated carbocycles. The maximum Gasteiger partial charge on any atom is 0.231 e. The number of benzene rings is 4. The predicted molar refractivity (Wildman–Crippen MR) is 187 cm³/mol. The molecule has 0 N–H and O–H groups in total. The fourth-order valence-electron chi connectivity index (χ4n) is 10.4. The van der Waals surface area contributed by atoms with Crippen molar-refractivity contribution in [3.8, 4) is 17.2 Å². The van der Waals surface area contributed by atoms with E-state index in [9.17, 15) is 14.4 Å². The lowest BCUT2D eigenvalue weighted by Gasteiger charge is -2.40. The van der Waals surface area contributed by atoms with Crippen LogP contribution in [0.3, 0.4) is 0 Å². The summed E-state index contributed by atoms with van der Waals surface area (Å²) in [6, 6.07) is 23.5. The third-order valence-electron chi connectivity index (χ3n) is 12.6.